The summed E-state index contributed by atoms with van der Waals surface area (Å²) in [6, 6.07) is 17.3. The molecule has 0 aliphatic rings. The number of hydrogen-bond acceptors (Lipinski definition) is 6. The number of halogens is 1. The fourth-order valence-electron chi connectivity index (χ4n) is 2.85. The van der Waals surface area contributed by atoms with Gasteiger partial charge in [0.25, 0.3) is 5.69 Å². The van der Waals surface area contributed by atoms with Crippen LogP contribution in [-0.4, -0.2) is 29.3 Å². The van der Waals surface area contributed by atoms with Gasteiger partial charge in [-0.25, -0.2) is 9.18 Å². The number of nitro groups is 1. The first-order valence-electron chi connectivity index (χ1n) is 9.67. The topological polar surface area (TPSA) is 128 Å². The Balaban J connectivity index is 1.68. The Bertz CT molecular complexity index is 1200. The normalized spacial score (nSPS) is 10.2. The van der Waals surface area contributed by atoms with Crippen molar-refractivity contribution in [3.8, 4) is 0 Å². The molecule has 0 fully saturated rings. The van der Waals surface area contributed by atoms with Gasteiger partial charge < -0.3 is 15.4 Å². The number of non-ortho nitro benzene ring substituents is 1. The zero-order valence-corrected chi connectivity index (χ0v) is 17.1. The highest BCUT2D eigenvalue weighted by atomic mass is 19.1. The van der Waals surface area contributed by atoms with Crippen LogP contribution in [0, 0.1) is 15.9 Å². The lowest BCUT2D eigenvalue weighted by Crippen LogP contribution is -2.33. The van der Waals surface area contributed by atoms with Crippen molar-refractivity contribution in [1.29, 1.82) is 0 Å². The van der Waals surface area contributed by atoms with Crippen LogP contribution in [0.2, 0.25) is 0 Å². The molecule has 0 spiro atoms. The van der Waals surface area contributed by atoms with Gasteiger partial charge in [-0.15, -0.1) is 0 Å². The number of hydrogen-bond donors (Lipinski definition) is 2. The van der Waals surface area contributed by atoms with Crippen molar-refractivity contribution >= 4 is 29.2 Å². The summed E-state index contributed by atoms with van der Waals surface area (Å²) in [7, 11) is 0. The Morgan fingerprint density at radius 2 is 1.64 bits per heavy atom. The first-order valence-corrected chi connectivity index (χ1v) is 9.67. The third kappa shape index (κ3) is 6.20. The maximum absolute atomic E-state index is 14.1. The Morgan fingerprint density at radius 1 is 0.939 bits per heavy atom. The minimum absolute atomic E-state index is 0.0118. The van der Waals surface area contributed by atoms with Gasteiger partial charge in [0, 0.05) is 12.1 Å². The fourth-order valence-corrected chi connectivity index (χ4v) is 2.85. The summed E-state index contributed by atoms with van der Waals surface area (Å²) in [5.74, 6) is -2.38. The van der Waals surface area contributed by atoms with Gasteiger partial charge in [-0.1, -0.05) is 42.5 Å². The summed E-state index contributed by atoms with van der Waals surface area (Å²) in [5, 5.41) is 15.8. The van der Waals surface area contributed by atoms with Gasteiger partial charge in [-0.05, 0) is 23.8 Å². The minimum atomic E-state index is -0.845. The molecule has 2 amide bonds. The molecular formula is C23H18FN3O6. The minimum Gasteiger partial charge on any atom is -0.445 e. The molecular weight excluding hydrogens is 433 g/mol. The van der Waals surface area contributed by atoms with Crippen LogP contribution < -0.4 is 10.6 Å². The number of nitrogens with one attached hydrogen (secondary N) is 2. The van der Waals surface area contributed by atoms with Crippen molar-refractivity contribution in [2.24, 2.45) is 0 Å². The standard InChI is InChI=1S/C23H18FN3O6/c24-19-9-5-4-8-17(19)22(29)18-12-16(27(31)32)10-11-20(18)26-21(28)13-25-23(30)33-14-15-6-2-1-3-7-15/h1-12H,13-14H2,(H,25,30)(H,26,28). The summed E-state index contributed by atoms with van der Waals surface area (Å²) >= 11 is 0. The summed E-state index contributed by atoms with van der Waals surface area (Å²) in [6.07, 6.45) is -0.833. The van der Waals surface area contributed by atoms with Gasteiger partial charge in [-0.2, -0.15) is 0 Å². The van der Waals surface area contributed by atoms with Crippen LogP contribution in [0.25, 0.3) is 0 Å². The van der Waals surface area contributed by atoms with Gasteiger partial charge in [0.15, 0.2) is 5.78 Å². The third-order valence-corrected chi connectivity index (χ3v) is 4.46. The van der Waals surface area contributed by atoms with Gasteiger partial charge in [0.05, 0.1) is 21.7 Å². The number of carbonyl (C=O) groups excluding carboxylic acids is 3. The van der Waals surface area contributed by atoms with E-state index in [1.165, 1.54) is 18.2 Å². The highest BCUT2D eigenvalue weighted by Gasteiger charge is 2.21. The van der Waals surface area contributed by atoms with E-state index in [9.17, 15) is 28.9 Å². The van der Waals surface area contributed by atoms with Gasteiger partial charge in [0.2, 0.25) is 5.91 Å². The van der Waals surface area contributed by atoms with Crippen LogP contribution in [0.4, 0.5) is 20.6 Å². The third-order valence-electron chi connectivity index (χ3n) is 4.46. The van der Waals surface area contributed by atoms with E-state index in [-0.39, 0.29) is 23.4 Å². The number of benzene rings is 3. The largest absolute Gasteiger partial charge is 0.445 e. The molecule has 0 saturated carbocycles. The average Bonchev–Trinajstić information content (AvgIpc) is 2.82. The van der Waals surface area contributed by atoms with Crippen LogP contribution in [0.15, 0.2) is 72.8 Å². The number of nitrogens with zero attached hydrogens (tertiary/aromatic N) is 1. The summed E-state index contributed by atoms with van der Waals surface area (Å²) in [5.41, 5.74) is -0.293. The van der Waals surface area contributed by atoms with Crippen molar-refractivity contribution in [2.75, 3.05) is 11.9 Å². The second kappa shape index (κ2) is 10.6. The van der Waals surface area contributed by atoms with E-state index < -0.39 is 40.8 Å². The lowest BCUT2D eigenvalue weighted by atomic mass is 10.0. The molecule has 0 radical (unpaired) electrons. The highest BCUT2D eigenvalue weighted by molar-refractivity contribution is 6.14. The van der Waals surface area contributed by atoms with Crippen molar-refractivity contribution in [3.63, 3.8) is 0 Å². The Hall–Kier alpha value is -4.60. The highest BCUT2D eigenvalue weighted by Crippen LogP contribution is 2.25. The molecule has 168 valence electrons. The van der Waals surface area contributed by atoms with Crippen LogP contribution >= 0.6 is 0 Å². The molecule has 2 N–H and O–H groups in total. The molecule has 0 bridgehead atoms. The number of amides is 2. The zero-order chi connectivity index (χ0) is 23.8. The summed E-state index contributed by atoms with van der Waals surface area (Å²) < 4.78 is 19.1. The number of ketones is 1. The van der Waals surface area contributed by atoms with E-state index in [1.54, 1.807) is 24.3 Å². The van der Waals surface area contributed by atoms with Crippen LogP contribution in [-0.2, 0) is 16.1 Å². The van der Waals surface area contributed by atoms with Gasteiger partial charge in [0.1, 0.15) is 19.0 Å². The molecule has 3 rings (SSSR count). The Morgan fingerprint density at radius 3 is 2.33 bits per heavy atom. The quantitative estimate of drug-likeness (QED) is 0.304. The number of anilines is 1. The second-order valence-corrected chi connectivity index (χ2v) is 6.76. The molecule has 10 heteroatoms. The van der Waals surface area contributed by atoms with Crippen LogP contribution in [0.3, 0.4) is 0 Å². The van der Waals surface area contributed by atoms with Gasteiger partial charge >= 0.3 is 6.09 Å². The van der Waals surface area contributed by atoms with Crippen LogP contribution in [0.1, 0.15) is 21.5 Å². The molecule has 3 aromatic rings. The first-order chi connectivity index (χ1) is 15.8. The van der Waals surface area contributed by atoms with E-state index in [0.29, 0.717) is 0 Å². The maximum Gasteiger partial charge on any atom is 0.407 e. The lowest BCUT2D eigenvalue weighted by Gasteiger charge is -2.12. The molecule has 0 saturated heterocycles. The van der Waals surface area contributed by atoms with E-state index in [1.807, 2.05) is 6.07 Å². The molecule has 0 aliphatic carbocycles. The van der Waals surface area contributed by atoms with E-state index in [4.69, 9.17) is 4.74 Å². The maximum atomic E-state index is 14.1. The van der Waals surface area contributed by atoms with E-state index in [0.717, 1.165) is 29.8 Å². The van der Waals surface area contributed by atoms with Crippen molar-refractivity contribution in [1.82, 2.24) is 5.32 Å². The van der Waals surface area contributed by atoms with Crippen molar-refractivity contribution < 1.29 is 28.4 Å². The molecule has 33 heavy (non-hydrogen) atoms. The van der Waals surface area contributed by atoms with E-state index in [2.05, 4.69) is 10.6 Å². The average molecular weight is 451 g/mol. The zero-order valence-electron chi connectivity index (χ0n) is 17.1. The molecule has 0 heterocycles. The number of alkyl carbamates (subject to hydrolysis) is 1. The monoisotopic (exact) mass is 451 g/mol. The van der Waals surface area contributed by atoms with Crippen molar-refractivity contribution in [3.05, 3.63) is 105 Å². The predicted molar refractivity (Wildman–Crippen MR) is 116 cm³/mol. The molecule has 3 aromatic carbocycles. The Kier molecular flexibility index (Phi) is 7.43. The summed E-state index contributed by atoms with van der Waals surface area (Å²) in [4.78, 5) is 47.3. The first kappa shape index (κ1) is 23.1. The molecule has 0 atom stereocenters. The fraction of sp³-hybridized carbons (Fsp3) is 0.0870. The molecule has 0 aliphatic heterocycles. The lowest BCUT2D eigenvalue weighted by molar-refractivity contribution is -0.384. The second-order valence-electron chi connectivity index (χ2n) is 6.76. The number of carbonyl (C=O) groups is 3. The Labute approximate surface area is 187 Å². The number of nitro benzene ring substituents is 1. The van der Waals surface area contributed by atoms with E-state index >= 15 is 0 Å². The summed E-state index contributed by atoms with van der Waals surface area (Å²) in [6.45, 7) is -0.476. The van der Waals surface area contributed by atoms with Gasteiger partial charge in [-0.3, -0.25) is 19.7 Å². The molecule has 0 unspecified atom stereocenters. The predicted octanol–water partition coefficient (Wildman–Crippen LogP) is 3.83. The van der Waals surface area contributed by atoms with Crippen molar-refractivity contribution in [2.45, 2.75) is 6.61 Å². The SMILES string of the molecule is O=C(CNC(=O)OCc1ccccc1)Nc1ccc([N+](=O)[O-])cc1C(=O)c1ccccc1F. The molecule has 0 aromatic heterocycles. The number of rotatable bonds is 8. The van der Waals surface area contributed by atoms with Crippen LogP contribution in [0.5, 0.6) is 0 Å². The number of ether oxygens (including phenoxy) is 1. The molecule has 9 nitrogen and oxygen atoms in total. The smallest absolute Gasteiger partial charge is 0.407 e.